The number of rotatable bonds is 4. The van der Waals surface area contributed by atoms with Crippen molar-refractivity contribution in [3.05, 3.63) is 29.8 Å². The minimum absolute atomic E-state index is 0.157. The lowest BCUT2D eigenvalue weighted by molar-refractivity contribution is 0.472. The summed E-state index contributed by atoms with van der Waals surface area (Å²) in [6, 6.07) is 6.64. The molecule has 0 saturated heterocycles. The molecule has 2 N–H and O–H groups in total. The van der Waals surface area contributed by atoms with Gasteiger partial charge in [0.05, 0.1) is 5.25 Å². The summed E-state index contributed by atoms with van der Waals surface area (Å²) in [6.45, 7) is 0.243. The highest BCUT2D eigenvalue weighted by atomic mass is 32.2. The van der Waals surface area contributed by atoms with Gasteiger partial charge in [-0.25, -0.2) is 13.1 Å². The van der Waals surface area contributed by atoms with E-state index >= 15 is 0 Å². The van der Waals surface area contributed by atoms with Crippen molar-refractivity contribution in [2.45, 2.75) is 43.9 Å². The molecule has 0 unspecified atom stereocenters. The summed E-state index contributed by atoms with van der Waals surface area (Å²) >= 11 is 0. The number of nitrogens with one attached hydrogen (secondary N) is 1. The van der Waals surface area contributed by atoms with E-state index in [4.69, 9.17) is 0 Å². The summed E-state index contributed by atoms with van der Waals surface area (Å²) in [5, 5.41) is 9.07. The second-order valence-corrected chi connectivity index (χ2v) is 6.84. The minimum Gasteiger partial charge on any atom is -0.508 e. The van der Waals surface area contributed by atoms with E-state index < -0.39 is 10.0 Å². The smallest absolute Gasteiger partial charge is 0.214 e. The number of phenolic OH excluding ortho intramolecular Hbond substituents is 1. The molecule has 1 aromatic rings. The molecular formula is C13H19NO3S. The third kappa shape index (κ3) is 3.46. The standard InChI is InChI=1S/C13H19NO3S/c15-12-6-4-5-11(9-12)10-14-18(16,17)13-7-2-1-3-8-13/h4-6,9,13-15H,1-3,7-8,10H2. The van der Waals surface area contributed by atoms with Gasteiger partial charge in [0.1, 0.15) is 5.75 Å². The molecule has 0 radical (unpaired) electrons. The predicted molar refractivity (Wildman–Crippen MR) is 70.7 cm³/mol. The summed E-state index contributed by atoms with van der Waals surface area (Å²) in [7, 11) is -3.23. The van der Waals surface area contributed by atoms with Crippen molar-refractivity contribution < 1.29 is 13.5 Å². The Labute approximate surface area is 108 Å². The maximum atomic E-state index is 12.1. The molecule has 4 nitrogen and oxygen atoms in total. The largest absolute Gasteiger partial charge is 0.508 e. The third-order valence-electron chi connectivity index (χ3n) is 3.38. The number of hydrogen-bond donors (Lipinski definition) is 2. The summed E-state index contributed by atoms with van der Waals surface area (Å²) < 4.78 is 26.8. The number of aromatic hydroxyl groups is 1. The van der Waals surface area contributed by atoms with Gasteiger partial charge in [0.25, 0.3) is 0 Å². The monoisotopic (exact) mass is 269 g/mol. The molecule has 0 aromatic heterocycles. The van der Waals surface area contributed by atoms with Crippen molar-refractivity contribution in [1.82, 2.24) is 4.72 Å². The van der Waals surface area contributed by atoms with E-state index in [9.17, 15) is 13.5 Å². The quantitative estimate of drug-likeness (QED) is 0.880. The van der Waals surface area contributed by atoms with Crippen LogP contribution in [0.1, 0.15) is 37.7 Å². The van der Waals surface area contributed by atoms with Crippen LogP contribution in [0, 0.1) is 0 Å². The molecule has 5 heteroatoms. The maximum absolute atomic E-state index is 12.1. The number of phenols is 1. The van der Waals surface area contributed by atoms with Crippen LogP contribution in [-0.4, -0.2) is 18.8 Å². The highest BCUT2D eigenvalue weighted by Crippen LogP contribution is 2.23. The van der Waals surface area contributed by atoms with Crippen LogP contribution in [0.4, 0.5) is 0 Å². The van der Waals surface area contributed by atoms with E-state index in [0.717, 1.165) is 37.7 Å². The Morgan fingerprint density at radius 2 is 1.94 bits per heavy atom. The van der Waals surface area contributed by atoms with Crippen LogP contribution in [0.25, 0.3) is 0 Å². The van der Waals surface area contributed by atoms with Crippen LogP contribution in [0.3, 0.4) is 0 Å². The molecule has 1 saturated carbocycles. The first-order valence-electron chi connectivity index (χ1n) is 6.34. The Hall–Kier alpha value is -1.07. The molecular weight excluding hydrogens is 250 g/mol. The summed E-state index contributed by atoms with van der Waals surface area (Å²) in [5.74, 6) is 0.157. The Morgan fingerprint density at radius 3 is 2.61 bits per heavy atom. The molecule has 1 aromatic carbocycles. The Balaban J connectivity index is 1.96. The van der Waals surface area contributed by atoms with Gasteiger partial charge in [-0.1, -0.05) is 31.4 Å². The van der Waals surface area contributed by atoms with Crippen molar-refractivity contribution in [1.29, 1.82) is 0 Å². The van der Waals surface area contributed by atoms with Gasteiger partial charge in [-0.3, -0.25) is 0 Å². The zero-order chi connectivity index (χ0) is 13.0. The fourth-order valence-electron chi connectivity index (χ4n) is 2.34. The van der Waals surface area contributed by atoms with Crippen molar-refractivity contribution in [3.8, 4) is 5.75 Å². The van der Waals surface area contributed by atoms with Crippen molar-refractivity contribution in [2.24, 2.45) is 0 Å². The number of sulfonamides is 1. The zero-order valence-electron chi connectivity index (χ0n) is 10.3. The van der Waals surface area contributed by atoms with E-state index in [1.54, 1.807) is 24.3 Å². The number of hydrogen-bond acceptors (Lipinski definition) is 3. The van der Waals surface area contributed by atoms with E-state index in [-0.39, 0.29) is 17.5 Å². The molecule has 1 fully saturated rings. The molecule has 1 aliphatic carbocycles. The van der Waals surface area contributed by atoms with Gasteiger partial charge in [0.15, 0.2) is 0 Å². The topological polar surface area (TPSA) is 66.4 Å². The van der Waals surface area contributed by atoms with Crippen LogP contribution in [0.15, 0.2) is 24.3 Å². The average molecular weight is 269 g/mol. The normalized spacial score (nSPS) is 17.8. The molecule has 0 bridgehead atoms. The van der Waals surface area contributed by atoms with Gasteiger partial charge in [0, 0.05) is 6.54 Å². The minimum atomic E-state index is -3.23. The molecule has 2 rings (SSSR count). The van der Waals surface area contributed by atoms with Crippen molar-refractivity contribution >= 4 is 10.0 Å². The molecule has 0 spiro atoms. The van der Waals surface area contributed by atoms with Crippen LogP contribution >= 0.6 is 0 Å². The molecule has 0 heterocycles. The van der Waals surface area contributed by atoms with Gasteiger partial charge < -0.3 is 5.11 Å². The second kappa shape index (κ2) is 5.71. The van der Waals surface area contributed by atoms with E-state index in [1.165, 1.54) is 0 Å². The van der Waals surface area contributed by atoms with Gasteiger partial charge in [0.2, 0.25) is 10.0 Å². The van der Waals surface area contributed by atoms with E-state index in [0.29, 0.717) is 0 Å². The molecule has 0 atom stereocenters. The Bertz CT molecular complexity index is 493. The first-order valence-corrected chi connectivity index (χ1v) is 7.89. The Kier molecular flexibility index (Phi) is 4.24. The Morgan fingerprint density at radius 1 is 1.22 bits per heavy atom. The first kappa shape index (κ1) is 13.4. The van der Waals surface area contributed by atoms with E-state index in [1.807, 2.05) is 0 Å². The van der Waals surface area contributed by atoms with Crippen LogP contribution in [-0.2, 0) is 16.6 Å². The van der Waals surface area contributed by atoms with Crippen LogP contribution in [0.2, 0.25) is 0 Å². The SMILES string of the molecule is O=S(=O)(NCc1cccc(O)c1)C1CCCCC1. The van der Waals surface area contributed by atoms with Crippen molar-refractivity contribution in [2.75, 3.05) is 0 Å². The van der Waals surface area contributed by atoms with Crippen LogP contribution < -0.4 is 4.72 Å². The fourth-order valence-corrected chi connectivity index (χ4v) is 3.90. The lowest BCUT2D eigenvalue weighted by Gasteiger charge is -2.22. The highest BCUT2D eigenvalue weighted by Gasteiger charge is 2.26. The molecule has 0 aliphatic heterocycles. The zero-order valence-corrected chi connectivity index (χ0v) is 11.1. The molecule has 1 aliphatic rings. The van der Waals surface area contributed by atoms with Gasteiger partial charge in [-0.05, 0) is 30.5 Å². The molecule has 100 valence electrons. The summed E-state index contributed by atoms with van der Waals surface area (Å²) in [4.78, 5) is 0. The van der Waals surface area contributed by atoms with Gasteiger partial charge >= 0.3 is 0 Å². The van der Waals surface area contributed by atoms with Crippen LogP contribution in [0.5, 0.6) is 5.75 Å². The van der Waals surface area contributed by atoms with Crippen molar-refractivity contribution in [3.63, 3.8) is 0 Å². The lowest BCUT2D eigenvalue weighted by Crippen LogP contribution is -2.35. The highest BCUT2D eigenvalue weighted by molar-refractivity contribution is 7.90. The molecule has 0 amide bonds. The fraction of sp³-hybridized carbons (Fsp3) is 0.538. The van der Waals surface area contributed by atoms with Gasteiger partial charge in [-0.15, -0.1) is 0 Å². The van der Waals surface area contributed by atoms with Gasteiger partial charge in [-0.2, -0.15) is 0 Å². The lowest BCUT2D eigenvalue weighted by atomic mass is 10.0. The maximum Gasteiger partial charge on any atom is 0.214 e. The summed E-state index contributed by atoms with van der Waals surface area (Å²) in [5.41, 5.74) is 0.773. The van der Waals surface area contributed by atoms with E-state index in [2.05, 4.69) is 4.72 Å². The first-order chi connectivity index (χ1) is 8.58. The second-order valence-electron chi connectivity index (χ2n) is 4.80. The average Bonchev–Trinajstić information content (AvgIpc) is 2.38. The summed E-state index contributed by atoms with van der Waals surface area (Å²) in [6.07, 6.45) is 4.65. The molecule has 18 heavy (non-hydrogen) atoms. The predicted octanol–water partition coefficient (Wildman–Crippen LogP) is 2.14. The number of benzene rings is 1. The third-order valence-corrected chi connectivity index (χ3v) is 5.27.